The van der Waals surface area contributed by atoms with Gasteiger partial charge in [-0.05, 0) is 47.5 Å². The SMILES string of the molecule is CCOC(=O)c1ccc(O)c(C(=O)/C=C/c2cccc3ccccc23)c1. The molecular formula is C22H18O4. The van der Waals surface area contributed by atoms with Gasteiger partial charge in [-0.2, -0.15) is 0 Å². The van der Waals surface area contributed by atoms with Crippen LogP contribution in [0.4, 0.5) is 0 Å². The third kappa shape index (κ3) is 3.64. The number of allylic oxidation sites excluding steroid dienone is 1. The Morgan fingerprint density at radius 2 is 1.81 bits per heavy atom. The van der Waals surface area contributed by atoms with Gasteiger partial charge >= 0.3 is 5.97 Å². The normalized spacial score (nSPS) is 11.0. The summed E-state index contributed by atoms with van der Waals surface area (Å²) in [6, 6.07) is 17.8. The predicted molar refractivity (Wildman–Crippen MR) is 101 cm³/mol. The van der Waals surface area contributed by atoms with E-state index in [9.17, 15) is 14.7 Å². The number of hydrogen-bond acceptors (Lipinski definition) is 4. The van der Waals surface area contributed by atoms with Crippen LogP contribution in [-0.2, 0) is 4.74 Å². The van der Waals surface area contributed by atoms with Crippen molar-refractivity contribution in [1.82, 2.24) is 0 Å². The quantitative estimate of drug-likeness (QED) is 0.416. The van der Waals surface area contributed by atoms with Gasteiger partial charge in [0.15, 0.2) is 5.78 Å². The van der Waals surface area contributed by atoms with Gasteiger partial charge in [-0.25, -0.2) is 4.79 Å². The molecule has 4 nitrogen and oxygen atoms in total. The molecule has 0 aromatic heterocycles. The number of hydrogen-bond donors (Lipinski definition) is 1. The molecule has 0 aliphatic heterocycles. The van der Waals surface area contributed by atoms with Crippen LogP contribution in [0.2, 0.25) is 0 Å². The number of fused-ring (bicyclic) bond motifs is 1. The third-order valence-corrected chi connectivity index (χ3v) is 4.01. The lowest BCUT2D eigenvalue weighted by Crippen LogP contribution is -2.06. The first-order chi connectivity index (χ1) is 12.6. The summed E-state index contributed by atoms with van der Waals surface area (Å²) in [7, 11) is 0. The van der Waals surface area contributed by atoms with Crippen LogP contribution < -0.4 is 0 Å². The van der Waals surface area contributed by atoms with Gasteiger partial charge in [0.2, 0.25) is 0 Å². The summed E-state index contributed by atoms with van der Waals surface area (Å²) in [5, 5.41) is 12.1. The molecular weight excluding hydrogens is 328 g/mol. The van der Waals surface area contributed by atoms with Gasteiger partial charge < -0.3 is 9.84 Å². The maximum absolute atomic E-state index is 12.5. The highest BCUT2D eigenvalue weighted by Gasteiger charge is 2.14. The predicted octanol–water partition coefficient (Wildman–Crippen LogP) is 4.62. The highest BCUT2D eigenvalue weighted by molar-refractivity contribution is 6.10. The van der Waals surface area contributed by atoms with Crippen LogP contribution in [0.15, 0.2) is 66.7 Å². The lowest BCUT2D eigenvalue weighted by Gasteiger charge is -2.05. The number of benzene rings is 3. The van der Waals surface area contributed by atoms with Crippen molar-refractivity contribution >= 4 is 28.6 Å². The number of carbonyl (C=O) groups is 2. The van der Waals surface area contributed by atoms with Crippen molar-refractivity contribution in [2.75, 3.05) is 6.61 Å². The summed E-state index contributed by atoms with van der Waals surface area (Å²) in [5.74, 6) is -1.09. The second-order valence-electron chi connectivity index (χ2n) is 5.72. The van der Waals surface area contributed by atoms with Crippen LogP contribution in [0.25, 0.3) is 16.8 Å². The average molecular weight is 346 g/mol. The van der Waals surface area contributed by atoms with E-state index >= 15 is 0 Å². The first kappa shape index (κ1) is 17.4. The zero-order chi connectivity index (χ0) is 18.5. The number of esters is 1. The Morgan fingerprint density at radius 3 is 2.62 bits per heavy atom. The number of phenols is 1. The number of aromatic hydroxyl groups is 1. The van der Waals surface area contributed by atoms with Crippen molar-refractivity contribution in [2.24, 2.45) is 0 Å². The molecule has 0 aliphatic carbocycles. The molecule has 0 saturated heterocycles. The number of phenolic OH excluding ortho intramolecular Hbond substituents is 1. The van der Waals surface area contributed by atoms with Gasteiger partial charge in [0.25, 0.3) is 0 Å². The minimum absolute atomic E-state index is 0.0621. The minimum atomic E-state index is -0.528. The molecule has 0 bridgehead atoms. The fourth-order valence-corrected chi connectivity index (χ4v) is 2.73. The monoisotopic (exact) mass is 346 g/mol. The van der Waals surface area contributed by atoms with E-state index in [1.165, 1.54) is 24.3 Å². The van der Waals surface area contributed by atoms with Gasteiger partial charge in [0.05, 0.1) is 17.7 Å². The Bertz CT molecular complexity index is 997. The molecule has 1 N–H and O–H groups in total. The van der Waals surface area contributed by atoms with Crippen molar-refractivity contribution in [3.63, 3.8) is 0 Å². The Labute approximate surface area is 151 Å². The molecule has 0 radical (unpaired) electrons. The zero-order valence-corrected chi connectivity index (χ0v) is 14.3. The van der Waals surface area contributed by atoms with Crippen LogP contribution in [0, 0.1) is 0 Å². The highest BCUT2D eigenvalue weighted by atomic mass is 16.5. The van der Waals surface area contributed by atoms with E-state index in [0.29, 0.717) is 0 Å². The number of carbonyl (C=O) groups excluding carboxylic acids is 2. The summed E-state index contributed by atoms with van der Waals surface area (Å²) in [5.41, 5.74) is 1.19. The van der Waals surface area contributed by atoms with Crippen molar-refractivity contribution in [3.05, 3.63) is 83.4 Å². The van der Waals surface area contributed by atoms with Crippen LogP contribution in [0.1, 0.15) is 33.2 Å². The topological polar surface area (TPSA) is 63.6 Å². The van der Waals surface area contributed by atoms with Gasteiger partial charge in [0, 0.05) is 0 Å². The fourth-order valence-electron chi connectivity index (χ4n) is 2.73. The Balaban J connectivity index is 1.91. The maximum Gasteiger partial charge on any atom is 0.338 e. The Morgan fingerprint density at radius 1 is 1.04 bits per heavy atom. The van der Waals surface area contributed by atoms with Gasteiger partial charge in [-0.1, -0.05) is 48.5 Å². The number of ether oxygens (including phenoxy) is 1. The van der Waals surface area contributed by atoms with E-state index in [-0.39, 0.29) is 29.3 Å². The van der Waals surface area contributed by atoms with E-state index in [4.69, 9.17) is 4.74 Å². The molecule has 3 aromatic carbocycles. The molecule has 0 aliphatic rings. The third-order valence-electron chi connectivity index (χ3n) is 4.01. The first-order valence-electron chi connectivity index (χ1n) is 8.30. The smallest absolute Gasteiger partial charge is 0.338 e. The van der Waals surface area contributed by atoms with Gasteiger partial charge in [0.1, 0.15) is 5.75 Å². The number of ketones is 1. The summed E-state index contributed by atoms with van der Waals surface area (Å²) < 4.78 is 4.93. The maximum atomic E-state index is 12.5. The van der Waals surface area contributed by atoms with Crippen LogP contribution in [0.3, 0.4) is 0 Å². The van der Waals surface area contributed by atoms with Crippen LogP contribution in [-0.4, -0.2) is 23.5 Å². The Kier molecular flexibility index (Phi) is 5.13. The molecule has 130 valence electrons. The van der Waals surface area contributed by atoms with E-state index in [2.05, 4.69) is 0 Å². The van der Waals surface area contributed by atoms with E-state index in [0.717, 1.165) is 16.3 Å². The van der Waals surface area contributed by atoms with E-state index in [1.807, 2.05) is 42.5 Å². The molecule has 0 fully saturated rings. The molecule has 4 heteroatoms. The van der Waals surface area contributed by atoms with E-state index < -0.39 is 5.97 Å². The summed E-state index contributed by atoms with van der Waals surface area (Å²) >= 11 is 0. The molecule has 0 amide bonds. The summed E-state index contributed by atoms with van der Waals surface area (Å²) in [4.78, 5) is 24.3. The number of rotatable bonds is 5. The van der Waals surface area contributed by atoms with Crippen LogP contribution >= 0.6 is 0 Å². The standard InChI is InChI=1S/C22H18O4/c1-2-26-22(25)17-11-13-21(24)19(14-17)20(23)12-10-16-8-5-7-15-6-3-4-9-18(15)16/h3-14,24H,2H2,1H3/b12-10+. The van der Waals surface area contributed by atoms with Crippen LogP contribution in [0.5, 0.6) is 5.75 Å². The van der Waals surface area contributed by atoms with Crippen molar-refractivity contribution in [1.29, 1.82) is 0 Å². The Hall–Kier alpha value is -3.40. The average Bonchev–Trinajstić information content (AvgIpc) is 2.66. The molecule has 0 heterocycles. The molecule has 0 saturated carbocycles. The second kappa shape index (κ2) is 7.66. The van der Waals surface area contributed by atoms with Crippen molar-refractivity contribution < 1.29 is 19.4 Å². The molecule has 3 rings (SSSR count). The molecule has 0 unspecified atom stereocenters. The van der Waals surface area contributed by atoms with E-state index in [1.54, 1.807) is 13.0 Å². The largest absolute Gasteiger partial charge is 0.507 e. The summed E-state index contributed by atoms with van der Waals surface area (Å²) in [6.07, 6.45) is 3.10. The molecule has 0 spiro atoms. The van der Waals surface area contributed by atoms with Crippen molar-refractivity contribution in [2.45, 2.75) is 6.92 Å². The zero-order valence-electron chi connectivity index (χ0n) is 14.3. The lowest BCUT2D eigenvalue weighted by atomic mass is 10.0. The first-order valence-corrected chi connectivity index (χ1v) is 8.30. The summed E-state index contributed by atoms with van der Waals surface area (Å²) in [6.45, 7) is 1.95. The fraction of sp³-hybridized carbons (Fsp3) is 0.0909. The van der Waals surface area contributed by atoms with Crippen molar-refractivity contribution in [3.8, 4) is 5.75 Å². The molecule has 26 heavy (non-hydrogen) atoms. The molecule has 0 atom stereocenters. The molecule has 3 aromatic rings. The lowest BCUT2D eigenvalue weighted by molar-refractivity contribution is 0.0526. The second-order valence-corrected chi connectivity index (χ2v) is 5.72. The minimum Gasteiger partial charge on any atom is -0.507 e. The van der Waals surface area contributed by atoms with Gasteiger partial charge in [-0.3, -0.25) is 4.79 Å². The van der Waals surface area contributed by atoms with Gasteiger partial charge in [-0.15, -0.1) is 0 Å². The highest BCUT2D eigenvalue weighted by Crippen LogP contribution is 2.22.